The molecule has 20 heavy (non-hydrogen) atoms. The molecule has 0 fully saturated rings. The van der Waals surface area contributed by atoms with Crippen LogP contribution >= 0.6 is 0 Å². The fraction of sp³-hybridized carbons (Fsp3) is 0.583. The molecular formula is C12H21N5O3. The van der Waals surface area contributed by atoms with Crippen molar-refractivity contribution >= 4 is 17.4 Å². The summed E-state index contributed by atoms with van der Waals surface area (Å²) in [5, 5.41) is 5.19. The molecule has 0 saturated carbocycles. The van der Waals surface area contributed by atoms with E-state index in [9.17, 15) is 14.4 Å². The molecular weight excluding hydrogens is 262 g/mol. The van der Waals surface area contributed by atoms with Crippen LogP contribution in [0.3, 0.4) is 0 Å². The van der Waals surface area contributed by atoms with Gasteiger partial charge in [0.25, 0.3) is 5.56 Å². The van der Waals surface area contributed by atoms with Gasteiger partial charge < -0.3 is 16.4 Å². The molecule has 0 aliphatic rings. The maximum Gasteiger partial charge on any atom is 0.330 e. The lowest BCUT2D eigenvalue weighted by atomic mass is 10.3. The Hall–Kier alpha value is -2.25. The van der Waals surface area contributed by atoms with E-state index in [-0.39, 0.29) is 17.4 Å². The van der Waals surface area contributed by atoms with Gasteiger partial charge in [-0.3, -0.25) is 19.1 Å². The fourth-order valence-electron chi connectivity index (χ4n) is 1.76. The summed E-state index contributed by atoms with van der Waals surface area (Å²) >= 11 is 0. The third-order valence-electron chi connectivity index (χ3n) is 2.98. The summed E-state index contributed by atoms with van der Waals surface area (Å²) in [4.78, 5) is 37.2. The van der Waals surface area contributed by atoms with Crippen molar-refractivity contribution in [1.29, 1.82) is 0 Å². The van der Waals surface area contributed by atoms with E-state index in [1.165, 1.54) is 11.6 Å². The monoisotopic (exact) mass is 283 g/mol. The number of amides is 1. The topological polar surface area (TPSA) is 122 Å². The summed E-state index contributed by atoms with van der Waals surface area (Å²) in [5.41, 5.74) is 4.73. The number of nitrogens with zero attached hydrogens (tertiary/aromatic N) is 1. The highest BCUT2D eigenvalue weighted by Crippen LogP contribution is 2.12. The molecule has 5 N–H and O–H groups in total. The van der Waals surface area contributed by atoms with Crippen molar-refractivity contribution in [2.24, 2.45) is 0 Å². The molecule has 112 valence electrons. The maximum atomic E-state index is 11.8. The van der Waals surface area contributed by atoms with E-state index in [0.29, 0.717) is 6.54 Å². The number of anilines is 2. The van der Waals surface area contributed by atoms with Crippen LogP contribution in [0.5, 0.6) is 0 Å². The van der Waals surface area contributed by atoms with Crippen LogP contribution in [0, 0.1) is 0 Å². The van der Waals surface area contributed by atoms with Gasteiger partial charge >= 0.3 is 5.69 Å². The minimum Gasteiger partial charge on any atom is -0.383 e. The second kappa shape index (κ2) is 6.78. The van der Waals surface area contributed by atoms with Crippen LogP contribution in [-0.4, -0.2) is 28.5 Å². The van der Waals surface area contributed by atoms with Gasteiger partial charge in [-0.15, -0.1) is 0 Å². The molecule has 0 spiro atoms. The Morgan fingerprint density at radius 3 is 2.65 bits per heavy atom. The van der Waals surface area contributed by atoms with E-state index < -0.39 is 17.3 Å². The number of unbranched alkanes of at least 4 members (excludes halogenated alkanes) is 1. The Kier molecular flexibility index (Phi) is 5.36. The molecule has 1 atom stereocenters. The third-order valence-corrected chi connectivity index (χ3v) is 2.98. The third kappa shape index (κ3) is 3.40. The predicted molar refractivity (Wildman–Crippen MR) is 77.8 cm³/mol. The summed E-state index contributed by atoms with van der Waals surface area (Å²) in [6.45, 7) is 4.00. The number of rotatable bonds is 6. The number of likely N-dealkylation sites (N-methyl/N-ethyl adjacent to an activating group) is 1. The van der Waals surface area contributed by atoms with Crippen LogP contribution in [-0.2, 0) is 11.3 Å². The first-order valence-corrected chi connectivity index (χ1v) is 6.53. The van der Waals surface area contributed by atoms with E-state index in [2.05, 4.69) is 15.6 Å². The van der Waals surface area contributed by atoms with Crippen LogP contribution in [0.4, 0.5) is 11.5 Å². The lowest BCUT2D eigenvalue weighted by molar-refractivity contribution is -0.121. The van der Waals surface area contributed by atoms with Crippen molar-refractivity contribution in [3.63, 3.8) is 0 Å². The second-order valence-corrected chi connectivity index (χ2v) is 4.50. The molecule has 0 radical (unpaired) electrons. The highest BCUT2D eigenvalue weighted by atomic mass is 16.2. The number of carbonyl (C=O) groups is 1. The standard InChI is InChI=1S/C12H21N5O3/c1-4-5-6-17-9(13)8(11(19)16-12(17)20)15-7(2)10(18)14-3/h7,15H,4-6,13H2,1-3H3,(H,14,18)(H,16,19,20). The zero-order chi connectivity index (χ0) is 15.3. The number of nitrogens with two attached hydrogens (primary N) is 1. The Morgan fingerprint density at radius 1 is 1.45 bits per heavy atom. The molecule has 0 aliphatic carbocycles. The summed E-state index contributed by atoms with van der Waals surface area (Å²) in [6, 6.07) is -0.638. The fourth-order valence-corrected chi connectivity index (χ4v) is 1.76. The van der Waals surface area contributed by atoms with Crippen LogP contribution in [0.25, 0.3) is 0 Å². The van der Waals surface area contributed by atoms with Crippen LogP contribution in [0.15, 0.2) is 9.59 Å². The lowest BCUT2D eigenvalue weighted by Gasteiger charge is -2.17. The summed E-state index contributed by atoms with van der Waals surface area (Å²) in [7, 11) is 1.50. The Morgan fingerprint density at radius 2 is 2.10 bits per heavy atom. The van der Waals surface area contributed by atoms with Crippen molar-refractivity contribution < 1.29 is 4.79 Å². The van der Waals surface area contributed by atoms with Gasteiger partial charge in [0.2, 0.25) is 5.91 Å². The van der Waals surface area contributed by atoms with Gasteiger partial charge in [-0.25, -0.2) is 4.79 Å². The molecule has 1 heterocycles. The number of carbonyl (C=O) groups excluding carboxylic acids is 1. The zero-order valence-corrected chi connectivity index (χ0v) is 11.9. The minimum absolute atomic E-state index is 0.0387. The van der Waals surface area contributed by atoms with E-state index in [4.69, 9.17) is 5.73 Å². The van der Waals surface area contributed by atoms with Crippen molar-refractivity contribution in [3.8, 4) is 0 Å². The number of aromatic amines is 1. The van der Waals surface area contributed by atoms with Gasteiger partial charge in [0.15, 0.2) is 0 Å². The van der Waals surface area contributed by atoms with Crippen molar-refractivity contribution in [2.45, 2.75) is 39.3 Å². The molecule has 8 nitrogen and oxygen atoms in total. The van der Waals surface area contributed by atoms with Gasteiger partial charge in [0.05, 0.1) is 0 Å². The van der Waals surface area contributed by atoms with Gasteiger partial charge in [0.1, 0.15) is 17.5 Å². The first-order valence-electron chi connectivity index (χ1n) is 6.53. The SMILES string of the molecule is CCCCn1c(N)c(NC(C)C(=O)NC)c(=O)[nH]c1=O. The maximum absolute atomic E-state index is 11.8. The molecule has 0 aliphatic heterocycles. The predicted octanol–water partition coefficient (Wildman–Crippen LogP) is -0.535. The highest BCUT2D eigenvalue weighted by molar-refractivity contribution is 5.84. The first kappa shape index (κ1) is 15.8. The summed E-state index contributed by atoms with van der Waals surface area (Å²) < 4.78 is 1.30. The number of aromatic nitrogens is 2. The second-order valence-electron chi connectivity index (χ2n) is 4.50. The van der Waals surface area contributed by atoms with E-state index >= 15 is 0 Å². The van der Waals surface area contributed by atoms with Gasteiger partial charge in [0, 0.05) is 13.6 Å². The van der Waals surface area contributed by atoms with Gasteiger partial charge in [-0.05, 0) is 13.3 Å². The molecule has 0 aromatic carbocycles. The average molecular weight is 283 g/mol. The molecule has 1 aromatic heterocycles. The van der Waals surface area contributed by atoms with Crippen LogP contribution < -0.4 is 27.6 Å². The number of nitrogens with one attached hydrogen (secondary N) is 3. The number of H-pyrrole nitrogens is 1. The molecule has 1 rings (SSSR count). The number of hydrogen-bond acceptors (Lipinski definition) is 5. The summed E-state index contributed by atoms with van der Waals surface area (Å²) in [6.07, 6.45) is 1.66. The van der Waals surface area contributed by atoms with Gasteiger partial charge in [-0.2, -0.15) is 0 Å². The Labute approximate surface area is 116 Å². The Balaban J connectivity index is 3.16. The van der Waals surface area contributed by atoms with E-state index in [0.717, 1.165) is 12.8 Å². The van der Waals surface area contributed by atoms with Crippen molar-refractivity contribution in [2.75, 3.05) is 18.1 Å². The molecule has 0 saturated heterocycles. The average Bonchev–Trinajstić information content (AvgIpc) is 2.42. The zero-order valence-electron chi connectivity index (χ0n) is 11.9. The van der Waals surface area contributed by atoms with E-state index in [1.54, 1.807) is 6.92 Å². The normalized spacial score (nSPS) is 11.9. The van der Waals surface area contributed by atoms with Crippen molar-refractivity contribution in [1.82, 2.24) is 14.9 Å². The first-order chi connectivity index (χ1) is 9.42. The van der Waals surface area contributed by atoms with Crippen LogP contribution in [0.2, 0.25) is 0 Å². The summed E-state index contributed by atoms with van der Waals surface area (Å²) in [5.74, 6) is -0.238. The smallest absolute Gasteiger partial charge is 0.330 e. The highest BCUT2D eigenvalue weighted by Gasteiger charge is 2.17. The quantitative estimate of drug-likeness (QED) is 0.559. The molecule has 8 heteroatoms. The molecule has 1 amide bonds. The number of hydrogen-bond donors (Lipinski definition) is 4. The molecule has 0 bridgehead atoms. The lowest BCUT2D eigenvalue weighted by Crippen LogP contribution is -2.40. The minimum atomic E-state index is -0.638. The largest absolute Gasteiger partial charge is 0.383 e. The van der Waals surface area contributed by atoms with Gasteiger partial charge in [-0.1, -0.05) is 13.3 Å². The number of nitrogen functional groups attached to an aromatic ring is 1. The van der Waals surface area contributed by atoms with E-state index in [1.807, 2.05) is 6.92 Å². The molecule has 1 unspecified atom stereocenters. The van der Waals surface area contributed by atoms with Crippen molar-refractivity contribution in [3.05, 3.63) is 20.8 Å². The Bertz CT molecular complexity index is 590. The molecule has 1 aromatic rings. The van der Waals surface area contributed by atoms with Crippen LogP contribution in [0.1, 0.15) is 26.7 Å².